The molecular weight excluding hydrogens is 454 g/mol. The highest BCUT2D eigenvalue weighted by Gasteiger charge is 2.32. The number of aryl methyl sites for hydroxylation is 2. The van der Waals surface area contributed by atoms with Crippen molar-refractivity contribution in [2.24, 2.45) is 0 Å². The standard InChI is InChI=1S/C25H33N3O5S/c1-17-16-18(2)20(4)24(19(17)3)34(31,32)28-14-12-27(13-15-28)23(29)10-11-26-25(30)21-8-6-7-9-22(21)33-5/h6-9,16H,10-15H2,1-5H3,(H,26,30). The van der Waals surface area contributed by atoms with Gasteiger partial charge in [0.05, 0.1) is 17.6 Å². The predicted octanol–water partition coefficient (Wildman–Crippen LogP) is 2.58. The lowest BCUT2D eigenvalue weighted by Gasteiger charge is -2.35. The molecule has 1 heterocycles. The van der Waals surface area contributed by atoms with E-state index in [1.54, 1.807) is 29.2 Å². The summed E-state index contributed by atoms with van der Waals surface area (Å²) in [5.41, 5.74) is 3.85. The van der Waals surface area contributed by atoms with Crippen LogP contribution >= 0.6 is 0 Å². The van der Waals surface area contributed by atoms with Gasteiger partial charge in [-0.1, -0.05) is 18.2 Å². The Balaban J connectivity index is 1.57. The van der Waals surface area contributed by atoms with Crippen LogP contribution in [0.25, 0.3) is 0 Å². The Morgan fingerprint density at radius 1 is 0.971 bits per heavy atom. The van der Waals surface area contributed by atoms with Crippen LogP contribution in [0.5, 0.6) is 5.75 Å². The van der Waals surface area contributed by atoms with Crippen LogP contribution in [0.1, 0.15) is 39.0 Å². The zero-order chi connectivity index (χ0) is 25.0. The topological polar surface area (TPSA) is 96.0 Å². The van der Waals surface area contributed by atoms with Gasteiger partial charge in [0.2, 0.25) is 15.9 Å². The lowest BCUT2D eigenvalue weighted by Crippen LogP contribution is -2.51. The highest BCUT2D eigenvalue weighted by Crippen LogP contribution is 2.29. The van der Waals surface area contributed by atoms with Crippen molar-refractivity contribution in [1.82, 2.24) is 14.5 Å². The predicted molar refractivity (Wildman–Crippen MR) is 131 cm³/mol. The molecule has 1 fully saturated rings. The van der Waals surface area contributed by atoms with Gasteiger partial charge in [-0.2, -0.15) is 4.31 Å². The molecule has 1 saturated heterocycles. The summed E-state index contributed by atoms with van der Waals surface area (Å²) >= 11 is 0. The van der Waals surface area contributed by atoms with E-state index in [4.69, 9.17) is 4.74 Å². The van der Waals surface area contributed by atoms with Crippen molar-refractivity contribution in [1.29, 1.82) is 0 Å². The molecule has 0 unspecified atom stereocenters. The second kappa shape index (κ2) is 10.6. The van der Waals surface area contributed by atoms with Crippen LogP contribution in [0.15, 0.2) is 35.2 Å². The first-order chi connectivity index (χ1) is 16.1. The molecule has 0 saturated carbocycles. The average Bonchev–Trinajstić information content (AvgIpc) is 2.82. The minimum Gasteiger partial charge on any atom is -0.496 e. The number of rotatable bonds is 7. The van der Waals surface area contributed by atoms with E-state index in [-0.39, 0.29) is 37.9 Å². The molecule has 0 aliphatic carbocycles. The van der Waals surface area contributed by atoms with E-state index in [1.807, 2.05) is 33.8 Å². The maximum Gasteiger partial charge on any atom is 0.255 e. The van der Waals surface area contributed by atoms with Gasteiger partial charge in [-0.25, -0.2) is 8.42 Å². The van der Waals surface area contributed by atoms with Crippen molar-refractivity contribution in [3.63, 3.8) is 0 Å². The van der Waals surface area contributed by atoms with Gasteiger partial charge < -0.3 is 15.0 Å². The largest absolute Gasteiger partial charge is 0.496 e. The molecule has 8 nitrogen and oxygen atoms in total. The number of benzene rings is 2. The number of hydrogen-bond acceptors (Lipinski definition) is 5. The van der Waals surface area contributed by atoms with Crippen LogP contribution in [0, 0.1) is 27.7 Å². The molecule has 0 atom stereocenters. The Hall–Kier alpha value is -2.91. The van der Waals surface area contributed by atoms with Gasteiger partial charge in [-0.15, -0.1) is 0 Å². The van der Waals surface area contributed by atoms with E-state index in [9.17, 15) is 18.0 Å². The zero-order valence-electron chi connectivity index (χ0n) is 20.5. The number of sulfonamides is 1. The quantitative estimate of drug-likeness (QED) is 0.648. The average molecular weight is 488 g/mol. The molecular formula is C25H33N3O5S. The number of nitrogens with zero attached hydrogens (tertiary/aromatic N) is 2. The SMILES string of the molecule is COc1ccccc1C(=O)NCCC(=O)N1CCN(S(=O)(=O)c2c(C)c(C)cc(C)c2C)CC1. The van der Waals surface area contributed by atoms with Crippen LogP contribution in [0.4, 0.5) is 0 Å². The first-order valence-electron chi connectivity index (χ1n) is 11.3. The molecule has 9 heteroatoms. The summed E-state index contributed by atoms with van der Waals surface area (Å²) in [4.78, 5) is 27.1. The second-order valence-electron chi connectivity index (χ2n) is 8.58. The number of ether oxygens (including phenoxy) is 1. The van der Waals surface area contributed by atoms with Crippen molar-refractivity contribution in [2.45, 2.75) is 39.0 Å². The van der Waals surface area contributed by atoms with E-state index in [2.05, 4.69) is 5.32 Å². The number of amides is 2. The number of hydrogen-bond donors (Lipinski definition) is 1. The molecule has 2 aromatic rings. The van der Waals surface area contributed by atoms with Crippen LogP contribution in [0.3, 0.4) is 0 Å². The molecule has 34 heavy (non-hydrogen) atoms. The lowest BCUT2D eigenvalue weighted by atomic mass is 10.0. The fourth-order valence-electron chi connectivity index (χ4n) is 4.24. The van der Waals surface area contributed by atoms with E-state index in [0.29, 0.717) is 29.3 Å². The minimum absolute atomic E-state index is 0.115. The number of methoxy groups -OCH3 is 1. The van der Waals surface area contributed by atoms with Gasteiger partial charge in [0.1, 0.15) is 5.75 Å². The number of carbonyl (C=O) groups excluding carboxylic acids is 2. The summed E-state index contributed by atoms with van der Waals surface area (Å²) in [6.45, 7) is 8.84. The van der Waals surface area contributed by atoms with E-state index >= 15 is 0 Å². The van der Waals surface area contributed by atoms with E-state index in [0.717, 1.165) is 22.3 Å². The summed E-state index contributed by atoms with van der Waals surface area (Å²) < 4.78 is 33.5. The monoisotopic (exact) mass is 487 g/mol. The molecule has 1 N–H and O–H groups in total. The zero-order valence-corrected chi connectivity index (χ0v) is 21.3. The van der Waals surface area contributed by atoms with E-state index in [1.165, 1.54) is 11.4 Å². The van der Waals surface area contributed by atoms with Crippen molar-refractivity contribution < 1.29 is 22.7 Å². The fraction of sp³-hybridized carbons (Fsp3) is 0.440. The molecule has 0 aromatic heterocycles. The van der Waals surface area contributed by atoms with Gasteiger partial charge in [0.15, 0.2) is 0 Å². The van der Waals surface area contributed by atoms with Crippen molar-refractivity contribution in [2.75, 3.05) is 39.8 Å². The third-order valence-corrected chi connectivity index (χ3v) is 8.64. The fourth-order valence-corrected chi connectivity index (χ4v) is 6.24. The molecule has 2 amide bonds. The lowest BCUT2D eigenvalue weighted by molar-refractivity contribution is -0.132. The molecule has 0 radical (unpaired) electrons. The van der Waals surface area contributed by atoms with Crippen LogP contribution in [-0.2, 0) is 14.8 Å². The Kier molecular flexibility index (Phi) is 7.99. The molecule has 3 rings (SSSR count). The van der Waals surface area contributed by atoms with Crippen LogP contribution < -0.4 is 10.1 Å². The van der Waals surface area contributed by atoms with Gasteiger partial charge in [-0.05, 0) is 62.1 Å². The maximum atomic E-state index is 13.4. The first-order valence-corrected chi connectivity index (χ1v) is 12.8. The highest BCUT2D eigenvalue weighted by atomic mass is 32.2. The molecule has 0 spiro atoms. The van der Waals surface area contributed by atoms with E-state index < -0.39 is 10.0 Å². The third-order valence-electron chi connectivity index (χ3n) is 6.46. The minimum atomic E-state index is -3.66. The second-order valence-corrected chi connectivity index (χ2v) is 10.5. The van der Waals surface area contributed by atoms with Crippen LogP contribution in [-0.4, -0.2) is 69.3 Å². The van der Waals surface area contributed by atoms with Crippen molar-refractivity contribution >= 4 is 21.8 Å². The Morgan fingerprint density at radius 2 is 1.56 bits per heavy atom. The Morgan fingerprint density at radius 3 is 2.15 bits per heavy atom. The molecule has 0 bridgehead atoms. The van der Waals surface area contributed by atoms with Crippen molar-refractivity contribution in [3.05, 3.63) is 58.1 Å². The number of carbonyl (C=O) groups is 2. The van der Waals surface area contributed by atoms with Gasteiger partial charge in [0, 0.05) is 39.1 Å². The molecule has 2 aromatic carbocycles. The molecule has 1 aliphatic heterocycles. The number of piperazine rings is 1. The Labute approximate surface area is 201 Å². The summed E-state index contributed by atoms with van der Waals surface area (Å²) in [5.74, 6) is 0.0504. The van der Waals surface area contributed by atoms with Gasteiger partial charge in [-0.3, -0.25) is 9.59 Å². The summed E-state index contributed by atoms with van der Waals surface area (Å²) in [7, 11) is -2.16. The van der Waals surface area contributed by atoms with Crippen LogP contribution in [0.2, 0.25) is 0 Å². The highest BCUT2D eigenvalue weighted by molar-refractivity contribution is 7.89. The maximum absolute atomic E-state index is 13.4. The number of nitrogens with one attached hydrogen (secondary N) is 1. The normalized spacial score (nSPS) is 14.7. The third kappa shape index (κ3) is 5.26. The molecule has 184 valence electrons. The molecule has 1 aliphatic rings. The van der Waals surface area contributed by atoms with Crippen molar-refractivity contribution in [3.8, 4) is 5.75 Å². The summed E-state index contributed by atoms with van der Waals surface area (Å²) in [6, 6.07) is 8.90. The van der Waals surface area contributed by atoms with Gasteiger partial charge in [0.25, 0.3) is 5.91 Å². The summed E-state index contributed by atoms with van der Waals surface area (Å²) in [6.07, 6.45) is 0.142. The van der Waals surface area contributed by atoms with Gasteiger partial charge >= 0.3 is 0 Å². The summed E-state index contributed by atoms with van der Waals surface area (Å²) in [5, 5.41) is 2.75. The first kappa shape index (κ1) is 25.7. The number of para-hydroxylation sites is 1. The smallest absolute Gasteiger partial charge is 0.255 e. The Bertz CT molecular complexity index is 1160.